The Kier molecular flexibility index (Phi) is 5.04. The Morgan fingerprint density at radius 2 is 1.79 bits per heavy atom. The maximum atomic E-state index is 11.9. The van der Waals surface area contributed by atoms with Crippen LogP contribution < -0.4 is 5.32 Å². The first kappa shape index (κ1) is 15.6. The number of hydrogen-bond acceptors (Lipinski definition) is 4. The van der Waals surface area contributed by atoms with E-state index < -0.39 is 10.0 Å². The van der Waals surface area contributed by atoms with Crippen molar-refractivity contribution in [3.63, 3.8) is 0 Å². The molecule has 0 aliphatic rings. The van der Waals surface area contributed by atoms with Crippen molar-refractivity contribution in [3.8, 4) is 0 Å². The summed E-state index contributed by atoms with van der Waals surface area (Å²) in [6.45, 7) is 3.70. The fourth-order valence-corrected chi connectivity index (χ4v) is 2.34. The zero-order valence-electron chi connectivity index (χ0n) is 11.4. The van der Waals surface area contributed by atoms with Crippen molar-refractivity contribution >= 4 is 15.9 Å². The third-order valence-corrected chi connectivity index (χ3v) is 4.12. The first-order valence-corrected chi connectivity index (χ1v) is 7.17. The number of carbonyl (C=O) groups is 1. The number of nitrogens with one attached hydrogen (secondary N) is 1. The number of sulfonamides is 1. The molecule has 19 heavy (non-hydrogen) atoms. The summed E-state index contributed by atoms with van der Waals surface area (Å²) in [5.41, 5.74) is 0.410. The number of amides is 1. The maximum Gasteiger partial charge on any atom is 0.264 e. The Labute approximate surface area is 113 Å². The van der Waals surface area contributed by atoms with Crippen molar-refractivity contribution < 1.29 is 18.0 Å². The molecule has 0 aromatic heterocycles. The molecule has 0 aliphatic carbocycles. The molecular weight excluding hydrogens is 268 g/mol. The SMILES string of the molecule is CON(C)S(=O)(=O)c1ccc(C(=O)NC(C)C)cc1. The molecule has 0 heterocycles. The summed E-state index contributed by atoms with van der Waals surface area (Å²) in [7, 11) is -1.11. The van der Waals surface area contributed by atoms with Gasteiger partial charge in [-0.1, -0.05) is 4.47 Å². The van der Waals surface area contributed by atoms with Gasteiger partial charge < -0.3 is 5.32 Å². The molecule has 0 saturated heterocycles. The third kappa shape index (κ3) is 3.76. The fraction of sp³-hybridized carbons (Fsp3) is 0.417. The lowest BCUT2D eigenvalue weighted by Crippen LogP contribution is -2.30. The van der Waals surface area contributed by atoms with Gasteiger partial charge in [-0.05, 0) is 38.1 Å². The van der Waals surface area contributed by atoms with Crippen LogP contribution in [0.1, 0.15) is 24.2 Å². The Bertz CT molecular complexity index is 537. The molecule has 1 amide bonds. The van der Waals surface area contributed by atoms with Crippen LogP contribution in [0.5, 0.6) is 0 Å². The lowest BCUT2D eigenvalue weighted by atomic mass is 10.2. The molecule has 0 spiro atoms. The summed E-state index contributed by atoms with van der Waals surface area (Å²) >= 11 is 0. The number of hydrogen-bond donors (Lipinski definition) is 1. The Morgan fingerprint density at radius 1 is 1.26 bits per heavy atom. The second-order valence-electron chi connectivity index (χ2n) is 4.25. The first-order chi connectivity index (χ1) is 8.78. The van der Waals surface area contributed by atoms with Gasteiger partial charge >= 0.3 is 0 Å². The van der Waals surface area contributed by atoms with E-state index in [2.05, 4.69) is 10.2 Å². The minimum atomic E-state index is -3.68. The summed E-state index contributed by atoms with van der Waals surface area (Å²) in [5, 5.41) is 2.73. The molecule has 6 nitrogen and oxygen atoms in total. The van der Waals surface area contributed by atoms with Gasteiger partial charge in [-0.3, -0.25) is 9.63 Å². The summed E-state index contributed by atoms with van der Waals surface area (Å²) < 4.78 is 24.6. The first-order valence-electron chi connectivity index (χ1n) is 5.73. The Morgan fingerprint density at radius 3 is 2.21 bits per heavy atom. The monoisotopic (exact) mass is 286 g/mol. The molecule has 0 unspecified atom stereocenters. The molecule has 0 aliphatic heterocycles. The van der Waals surface area contributed by atoms with Gasteiger partial charge in [-0.2, -0.15) is 0 Å². The highest BCUT2D eigenvalue weighted by Crippen LogP contribution is 2.15. The van der Waals surface area contributed by atoms with Crippen LogP contribution in [0.25, 0.3) is 0 Å². The number of hydroxylamine groups is 1. The lowest BCUT2D eigenvalue weighted by molar-refractivity contribution is -0.0258. The predicted molar refractivity (Wildman–Crippen MR) is 71.0 cm³/mol. The second-order valence-corrected chi connectivity index (χ2v) is 6.19. The van der Waals surface area contributed by atoms with E-state index >= 15 is 0 Å². The average Bonchev–Trinajstić information content (AvgIpc) is 2.37. The highest BCUT2D eigenvalue weighted by Gasteiger charge is 2.20. The Balaban J connectivity index is 2.97. The van der Waals surface area contributed by atoms with Gasteiger partial charge in [-0.15, -0.1) is 0 Å². The van der Waals surface area contributed by atoms with Crippen molar-refractivity contribution in [2.75, 3.05) is 14.2 Å². The summed E-state index contributed by atoms with van der Waals surface area (Å²) in [6, 6.07) is 5.71. The summed E-state index contributed by atoms with van der Waals surface area (Å²) in [5.74, 6) is -0.237. The number of benzene rings is 1. The quantitative estimate of drug-likeness (QED) is 0.820. The molecule has 1 aromatic rings. The molecule has 7 heteroatoms. The van der Waals surface area contributed by atoms with E-state index in [-0.39, 0.29) is 16.8 Å². The van der Waals surface area contributed by atoms with E-state index in [1.54, 1.807) is 0 Å². The minimum absolute atomic E-state index is 0.0236. The van der Waals surface area contributed by atoms with Gasteiger partial charge in [0.15, 0.2) is 0 Å². The largest absolute Gasteiger partial charge is 0.350 e. The van der Waals surface area contributed by atoms with E-state index in [9.17, 15) is 13.2 Å². The molecule has 1 N–H and O–H groups in total. The number of carbonyl (C=O) groups excluding carboxylic acids is 1. The van der Waals surface area contributed by atoms with Crippen molar-refractivity contribution in [3.05, 3.63) is 29.8 Å². The van der Waals surface area contributed by atoms with Gasteiger partial charge in [-0.25, -0.2) is 8.42 Å². The molecule has 1 rings (SSSR count). The Hall–Kier alpha value is -1.44. The highest BCUT2D eigenvalue weighted by atomic mass is 32.2. The van der Waals surface area contributed by atoms with Crippen LogP contribution in [-0.4, -0.2) is 39.0 Å². The normalized spacial score (nSPS) is 11.9. The van der Waals surface area contributed by atoms with Crippen molar-refractivity contribution in [1.82, 2.24) is 9.79 Å². The molecular formula is C12H18N2O4S. The molecule has 0 atom stereocenters. The maximum absolute atomic E-state index is 11.9. The van der Waals surface area contributed by atoms with Crippen molar-refractivity contribution in [2.45, 2.75) is 24.8 Å². The van der Waals surface area contributed by atoms with Crippen molar-refractivity contribution in [1.29, 1.82) is 0 Å². The fourth-order valence-electron chi connectivity index (χ4n) is 1.37. The molecule has 0 fully saturated rings. The van der Waals surface area contributed by atoms with E-state index in [0.717, 1.165) is 4.47 Å². The molecule has 1 aromatic carbocycles. The van der Waals surface area contributed by atoms with Crippen LogP contribution in [0.3, 0.4) is 0 Å². The van der Waals surface area contributed by atoms with Crippen LogP contribution in [0.15, 0.2) is 29.2 Å². The van der Waals surface area contributed by atoms with Crippen molar-refractivity contribution in [2.24, 2.45) is 0 Å². The zero-order valence-corrected chi connectivity index (χ0v) is 12.2. The molecule has 0 bridgehead atoms. The van der Waals surface area contributed by atoms with Gasteiger partial charge in [0, 0.05) is 18.7 Å². The summed E-state index contributed by atoms with van der Waals surface area (Å²) in [4.78, 5) is 16.4. The van der Waals surface area contributed by atoms with Crippen LogP contribution in [0.2, 0.25) is 0 Å². The van der Waals surface area contributed by atoms with Gasteiger partial charge in [0.1, 0.15) is 0 Å². The molecule has 0 saturated carbocycles. The topological polar surface area (TPSA) is 75.7 Å². The lowest BCUT2D eigenvalue weighted by Gasteiger charge is -2.14. The van der Waals surface area contributed by atoms with E-state index in [1.807, 2.05) is 13.8 Å². The number of rotatable bonds is 5. The van der Waals surface area contributed by atoms with Gasteiger partial charge in [0.2, 0.25) is 0 Å². The number of nitrogens with zero attached hydrogens (tertiary/aromatic N) is 1. The van der Waals surface area contributed by atoms with E-state index in [1.165, 1.54) is 38.4 Å². The minimum Gasteiger partial charge on any atom is -0.350 e. The third-order valence-electron chi connectivity index (χ3n) is 2.43. The predicted octanol–water partition coefficient (Wildman–Crippen LogP) is 1.01. The summed E-state index contributed by atoms with van der Waals surface area (Å²) in [6.07, 6.45) is 0. The van der Waals surface area contributed by atoms with E-state index in [0.29, 0.717) is 5.56 Å². The average molecular weight is 286 g/mol. The van der Waals surface area contributed by atoms with Gasteiger partial charge in [0.25, 0.3) is 15.9 Å². The molecule has 0 radical (unpaired) electrons. The van der Waals surface area contributed by atoms with Crippen LogP contribution in [-0.2, 0) is 14.9 Å². The van der Waals surface area contributed by atoms with E-state index in [4.69, 9.17) is 0 Å². The van der Waals surface area contributed by atoms with Crippen LogP contribution in [0.4, 0.5) is 0 Å². The molecule has 106 valence electrons. The zero-order chi connectivity index (χ0) is 14.6. The van der Waals surface area contributed by atoms with Gasteiger partial charge in [0.05, 0.1) is 12.0 Å². The van der Waals surface area contributed by atoms with Crippen LogP contribution >= 0.6 is 0 Å². The second kappa shape index (κ2) is 6.14. The standard InChI is InChI=1S/C12H18N2O4S/c1-9(2)13-12(15)10-5-7-11(8-6-10)19(16,17)14(3)18-4/h5-9H,1-4H3,(H,13,15). The highest BCUT2D eigenvalue weighted by molar-refractivity contribution is 7.89. The van der Waals surface area contributed by atoms with Crippen LogP contribution in [0, 0.1) is 0 Å². The smallest absolute Gasteiger partial charge is 0.264 e.